The molecule has 0 amide bonds. The fourth-order valence-corrected chi connectivity index (χ4v) is 6.90. The van der Waals surface area contributed by atoms with Gasteiger partial charge in [-0.1, -0.05) is 33.8 Å². The van der Waals surface area contributed by atoms with Crippen molar-refractivity contribution in [2.45, 2.75) is 35.7 Å². The first kappa shape index (κ1) is 28.1. The maximum absolute atomic E-state index is 11.0. The lowest BCUT2D eigenvalue weighted by molar-refractivity contribution is -0.384. The smallest absolute Gasteiger partial charge is 0.269 e. The van der Waals surface area contributed by atoms with Crippen LogP contribution in [-0.4, -0.2) is 19.6 Å². The van der Waals surface area contributed by atoms with E-state index in [-0.39, 0.29) is 22.7 Å². The summed E-state index contributed by atoms with van der Waals surface area (Å²) in [5, 5.41) is 15.2. The van der Waals surface area contributed by atoms with Crippen molar-refractivity contribution >= 4 is 56.4 Å². The van der Waals surface area contributed by atoms with Gasteiger partial charge < -0.3 is 14.8 Å². The third-order valence-electron chi connectivity index (χ3n) is 7.37. The van der Waals surface area contributed by atoms with Crippen molar-refractivity contribution in [1.29, 1.82) is 0 Å². The van der Waals surface area contributed by atoms with Gasteiger partial charge in [-0.05, 0) is 110 Å². The molecule has 210 valence electrons. The lowest BCUT2D eigenvalue weighted by atomic mass is 9.96. The van der Waals surface area contributed by atoms with Gasteiger partial charge in [0.05, 0.1) is 22.7 Å². The van der Waals surface area contributed by atoms with E-state index in [1.165, 1.54) is 17.7 Å². The maximum Gasteiger partial charge on any atom is 0.269 e. The lowest BCUT2D eigenvalue weighted by Crippen LogP contribution is -2.29. The van der Waals surface area contributed by atoms with Gasteiger partial charge in [0, 0.05) is 55.4 Å². The van der Waals surface area contributed by atoms with E-state index in [2.05, 4.69) is 99.2 Å². The number of benzene rings is 3. The highest BCUT2D eigenvalue weighted by molar-refractivity contribution is 9.10. The Kier molecular flexibility index (Phi) is 7.85. The molecule has 6 rings (SSSR count). The molecule has 0 unspecified atom stereocenters. The van der Waals surface area contributed by atoms with Crippen molar-refractivity contribution in [1.82, 2.24) is 14.9 Å². The number of nitrogens with zero attached hydrogens (tertiary/aromatic N) is 4. The molecular weight excluding hydrogens is 630 g/mol. The Morgan fingerprint density at radius 1 is 0.929 bits per heavy atom. The maximum atomic E-state index is 11.0. The zero-order valence-electron chi connectivity index (χ0n) is 22.8. The summed E-state index contributed by atoms with van der Waals surface area (Å²) >= 11 is 11.1. The summed E-state index contributed by atoms with van der Waals surface area (Å²) < 4.78 is 3.32. The Morgan fingerprint density at radius 2 is 1.57 bits per heavy atom. The number of nitro benzene ring substituents is 1. The van der Waals surface area contributed by atoms with Crippen LogP contribution in [0.5, 0.6) is 0 Å². The number of halogens is 1. The van der Waals surface area contributed by atoms with Crippen LogP contribution in [0.25, 0.3) is 5.69 Å². The van der Waals surface area contributed by atoms with Crippen molar-refractivity contribution in [2.75, 3.05) is 4.90 Å². The molecule has 1 fully saturated rings. The van der Waals surface area contributed by atoms with Crippen molar-refractivity contribution in [2.24, 2.45) is 0 Å². The minimum absolute atomic E-state index is 0.0812. The lowest BCUT2D eigenvalue weighted by Gasteiger charge is -2.28. The van der Waals surface area contributed by atoms with Gasteiger partial charge in [0.1, 0.15) is 0 Å². The molecule has 1 aliphatic rings. The van der Waals surface area contributed by atoms with Crippen LogP contribution in [0.2, 0.25) is 0 Å². The highest BCUT2D eigenvalue weighted by atomic mass is 79.9. The molecule has 1 saturated heterocycles. The highest BCUT2D eigenvalue weighted by Gasteiger charge is 2.42. The zero-order valence-corrected chi connectivity index (χ0v) is 26.0. The summed E-state index contributed by atoms with van der Waals surface area (Å²) in [6.45, 7) is 4.28. The zero-order chi connectivity index (χ0) is 29.4. The SMILES string of the molecule is Cc1cc([C@@H]2[C@@H](c3ccccn3)NC(=S)N2c2ccc(Sc3ccc([N+](=O)[O-])cc3)cc2)c(C)n1-c1ccc(Br)cc1. The van der Waals surface area contributed by atoms with E-state index in [4.69, 9.17) is 17.2 Å². The first-order valence-electron chi connectivity index (χ1n) is 13.3. The number of hydrogen-bond acceptors (Lipinski definition) is 5. The van der Waals surface area contributed by atoms with Crippen LogP contribution in [0.4, 0.5) is 11.4 Å². The van der Waals surface area contributed by atoms with Gasteiger partial charge >= 0.3 is 0 Å². The molecule has 42 heavy (non-hydrogen) atoms. The van der Waals surface area contributed by atoms with Gasteiger partial charge in [-0.2, -0.15) is 0 Å². The minimum atomic E-state index is -0.388. The van der Waals surface area contributed by atoms with Crippen LogP contribution in [0.1, 0.15) is 34.7 Å². The summed E-state index contributed by atoms with van der Waals surface area (Å²) in [4.78, 5) is 19.4. The standard InChI is InChI=1S/C32H26BrN5O2S2/c1-20-19-28(21(2)36(20)23-8-6-22(33)7-9-23)31-30(29-5-3-4-18-34-29)35-32(41)37(31)24-10-14-26(15-11-24)42-27-16-12-25(13-17-27)38(39)40/h3-19,30-31H,1-2H3,(H,35,41)/t30-,31-/m1/s1. The molecule has 1 aliphatic heterocycles. The second-order valence-corrected chi connectivity index (χ2v) is 12.4. The molecular formula is C32H26BrN5O2S2. The van der Waals surface area contributed by atoms with Gasteiger partial charge in [-0.25, -0.2) is 0 Å². The van der Waals surface area contributed by atoms with E-state index in [0.29, 0.717) is 5.11 Å². The highest BCUT2D eigenvalue weighted by Crippen LogP contribution is 2.44. The summed E-state index contributed by atoms with van der Waals surface area (Å²) in [6.07, 6.45) is 1.81. The molecule has 7 nitrogen and oxygen atoms in total. The van der Waals surface area contributed by atoms with E-state index in [1.807, 2.05) is 24.4 Å². The number of anilines is 1. The molecule has 0 radical (unpaired) electrons. The van der Waals surface area contributed by atoms with Crippen LogP contribution in [0.15, 0.2) is 118 Å². The number of hydrogen-bond donors (Lipinski definition) is 1. The van der Waals surface area contributed by atoms with Gasteiger partial charge in [0.2, 0.25) is 0 Å². The molecule has 2 atom stereocenters. The predicted molar refractivity (Wildman–Crippen MR) is 175 cm³/mol. The number of thiocarbonyl (C=S) groups is 1. The molecule has 0 saturated carbocycles. The second-order valence-electron chi connectivity index (χ2n) is 9.98. The molecule has 5 aromatic rings. The predicted octanol–water partition coefficient (Wildman–Crippen LogP) is 8.49. The van der Waals surface area contributed by atoms with Gasteiger partial charge in [0.15, 0.2) is 5.11 Å². The minimum Gasteiger partial charge on any atom is -0.351 e. The molecule has 2 aromatic heterocycles. The third kappa shape index (κ3) is 5.45. The van der Waals surface area contributed by atoms with Crippen LogP contribution in [0.3, 0.4) is 0 Å². The Balaban J connectivity index is 1.37. The number of pyridine rings is 1. The quantitative estimate of drug-likeness (QED) is 0.107. The summed E-state index contributed by atoms with van der Waals surface area (Å²) in [5.74, 6) is 0. The summed E-state index contributed by atoms with van der Waals surface area (Å²) in [7, 11) is 0. The average molecular weight is 657 g/mol. The normalized spacial score (nSPS) is 16.5. The third-order valence-corrected chi connectivity index (χ3v) is 9.23. The number of non-ortho nitro benzene ring substituents is 1. The van der Waals surface area contributed by atoms with Crippen molar-refractivity contribution in [3.8, 4) is 5.69 Å². The monoisotopic (exact) mass is 655 g/mol. The first-order valence-corrected chi connectivity index (χ1v) is 15.3. The average Bonchev–Trinajstić information content (AvgIpc) is 3.49. The van der Waals surface area contributed by atoms with Crippen LogP contribution in [0, 0.1) is 24.0 Å². The van der Waals surface area contributed by atoms with E-state index >= 15 is 0 Å². The Labute approximate surface area is 261 Å². The molecule has 0 bridgehead atoms. The fraction of sp³-hybridized carbons (Fsp3) is 0.125. The summed E-state index contributed by atoms with van der Waals surface area (Å²) in [6, 6.07) is 31.1. The topological polar surface area (TPSA) is 76.2 Å². The second kappa shape index (κ2) is 11.7. The molecule has 1 N–H and O–H groups in total. The molecule has 0 aliphatic carbocycles. The number of nitrogens with one attached hydrogen (secondary N) is 1. The van der Waals surface area contributed by atoms with Crippen LogP contribution >= 0.6 is 39.9 Å². The first-order chi connectivity index (χ1) is 20.3. The molecule has 10 heteroatoms. The van der Waals surface area contributed by atoms with Crippen LogP contribution < -0.4 is 10.2 Å². The number of rotatable bonds is 7. The van der Waals surface area contributed by atoms with Gasteiger partial charge in [-0.3, -0.25) is 15.1 Å². The molecule has 3 heterocycles. The Bertz CT molecular complexity index is 1760. The van der Waals surface area contributed by atoms with E-state index in [9.17, 15) is 10.1 Å². The van der Waals surface area contributed by atoms with Gasteiger partial charge in [-0.15, -0.1) is 0 Å². The number of nitro groups is 1. The van der Waals surface area contributed by atoms with E-state index in [0.717, 1.165) is 42.7 Å². The Hall–Kier alpha value is -3.99. The number of aromatic nitrogens is 2. The number of aryl methyl sites for hydroxylation is 1. The fourth-order valence-electron chi connectivity index (χ4n) is 5.47. The summed E-state index contributed by atoms with van der Waals surface area (Å²) in [5.41, 5.74) is 6.52. The van der Waals surface area contributed by atoms with Crippen molar-refractivity contribution < 1.29 is 4.92 Å². The van der Waals surface area contributed by atoms with Gasteiger partial charge in [0.25, 0.3) is 5.69 Å². The van der Waals surface area contributed by atoms with Crippen molar-refractivity contribution in [3.05, 3.63) is 140 Å². The largest absolute Gasteiger partial charge is 0.351 e. The van der Waals surface area contributed by atoms with Crippen LogP contribution in [-0.2, 0) is 0 Å². The Morgan fingerprint density at radius 3 is 2.19 bits per heavy atom. The molecule has 3 aromatic carbocycles. The van der Waals surface area contributed by atoms with E-state index in [1.54, 1.807) is 23.9 Å². The molecule has 0 spiro atoms. The van der Waals surface area contributed by atoms with Crippen molar-refractivity contribution in [3.63, 3.8) is 0 Å². The van der Waals surface area contributed by atoms with E-state index < -0.39 is 0 Å².